The van der Waals surface area contributed by atoms with Crippen molar-refractivity contribution >= 4 is 27.5 Å². The SMILES string of the molecule is CS(=O)(=O)N(CC(=O)Nc1ccccc1C(=O)N1CCCCCC1)Cc1ccccc1. The van der Waals surface area contributed by atoms with Crippen LogP contribution in [-0.4, -0.2) is 55.3 Å². The van der Waals surface area contributed by atoms with E-state index < -0.39 is 15.9 Å². The molecule has 2 amide bonds. The number of carbonyl (C=O) groups is 2. The normalized spacial score (nSPS) is 14.8. The Morgan fingerprint density at radius 3 is 2.19 bits per heavy atom. The molecule has 3 rings (SSSR count). The fourth-order valence-electron chi connectivity index (χ4n) is 3.65. The van der Waals surface area contributed by atoms with Gasteiger partial charge in [0.15, 0.2) is 0 Å². The summed E-state index contributed by atoms with van der Waals surface area (Å²) in [6.07, 6.45) is 5.27. The summed E-state index contributed by atoms with van der Waals surface area (Å²) in [4.78, 5) is 27.6. The molecule has 166 valence electrons. The number of hydrogen-bond acceptors (Lipinski definition) is 4. The maximum Gasteiger partial charge on any atom is 0.255 e. The van der Waals surface area contributed by atoms with Crippen molar-refractivity contribution in [1.29, 1.82) is 0 Å². The van der Waals surface area contributed by atoms with Crippen molar-refractivity contribution in [3.63, 3.8) is 0 Å². The summed E-state index contributed by atoms with van der Waals surface area (Å²) in [6, 6.07) is 16.0. The van der Waals surface area contributed by atoms with E-state index >= 15 is 0 Å². The third-order valence-corrected chi connectivity index (χ3v) is 6.51. The van der Waals surface area contributed by atoms with Gasteiger partial charge in [0, 0.05) is 19.6 Å². The Morgan fingerprint density at radius 2 is 1.55 bits per heavy atom. The van der Waals surface area contributed by atoms with Crippen LogP contribution in [0.3, 0.4) is 0 Å². The van der Waals surface area contributed by atoms with Crippen molar-refractivity contribution in [3.05, 3.63) is 65.7 Å². The molecule has 0 aromatic heterocycles. The lowest BCUT2D eigenvalue weighted by Gasteiger charge is -2.23. The van der Waals surface area contributed by atoms with Crippen LogP contribution in [0.1, 0.15) is 41.6 Å². The zero-order valence-corrected chi connectivity index (χ0v) is 18.6. The molecule has 0 unspecified atom stereocenters. The largest absolute Gasteiger partial charge is 0.339 e. The van der Waals surface area contributed by atoms with Gasteiger partial charge in [0.1, 0.15) is 0 Å². The average Bonchev–Trinajstić information content (AvgIpc) is 3.03. The van der Waals surface area contributed by atoms with Gasteiger partial charge in [-0.2, -0.15) is 4.31 Å². The van der Waals surface area contributed by atoms with Crippen LogP contribution in [-0.2, 0) is 21.4 Å². The lowest BCUT2D eigenvalue weighted by atomic mass is 10.1. The summed E-state index contributed by atoms with van der Waals surface area (Å²) < 4.78 is 25.6. The molecular weight excluding hydrogens is 414 g/mol. The molecule has 1 saturated heterocycles. The molecule has 0 atom stereocenters. The molecule has 31 heavy (non-hydrogen) atoms. The first-order valence-corrected chi connectivity index (χ1v) is 12.4. The zero-order valence-electron chi connectivity index (χ0n) is 17.8. The fourth-order valence-corrected chi connectivity index (χ4v) is 4.39. The minimum Gasteiger partial charge on any atom is -0.339 e. The molecule has 1 N–H and O–H groups in total. The Labute approximate surface area is 184 Å². The molecule has 1 fully saturated rings. The van der Waals surface area contributed by atoms with Crippen LogP contribution in [0.15, 0.2) is 54.6 Å². The molecule has 0 bridgehead atoms. The van der Waals surface area contributed by atoms with E-state index in [2.05, 4.69) is 5.32 Å². The minimum absolute atomic E-state index is 0.0987. The highest BCUT2D eigenvalue weighted by atomic mass is 32.2. The highest BCUT2D eigenvalue weighted by molar-refractivity contribution is 7.88. The van der Waals surface area contributed by atoms with Crippen molar-refractivity contribution in [2.75, 3.05) is 31.2 Å². The van der Waals surface area contributed by atoms with E-state index in [0.29, 0.717) is 24.3 Å². The van der Waals surface area contributed by atoms with Gasteiger partial charge in [0.25, 0.3) is 5.91 Å². The number of carbonyl (C=O) groups excluding carboxylic acids is 2. The highest BCUT2D eigenvalue weighted by Crippen LogP contribution is 2.20. The topological polar surface area (TPSA) is 86.8 Å². The maximum atomic E-state index is 13.0. The second-order valence-corrected chi connectivity index (χ2v) is 9.80. The van der Waals surface area contributed by atoms with Gasteiger partial charge in [-0.1, -0.05) is 55.3 Å². The van der Waals surface area contributed by atoms with Crippen molar-refractivity contribution in [2.45, 2.75) is 32.2 Å². The minimum atomic E-state index is -3.60. The van der Waals surface area contributed by atoms with Crippen LogP contribution >= 0.6 is 0 Å². The number of anilines is 1. The summed E-state index contributed by atoms with van der Waals surface area (Å²) >= 11 is 0. The van der Waals surface area contributed by atoms with Crippen LogP contribution in [0.4, 0.5) is 5.69 Å². The second-order valence-electron chi connectivity index (χ2n) is 7.82. The number of likely N-dealkylation sites (tertiary alicyclic amines) is 1. The molecule has 2 aromatic rings. The van der Waals surface area contributed by atoms with E-state index in [0.717, 1.165) is 41.8 Å². The average molecular weight is 444 g/mol. The molecule has 2 aromatic carbocycles. The monoisotopic (exact) mass is 443 g/mol. The first-order valence-electron chi connectivity index (χ1n) is 10.5. The lowest BCUT2D eigenvalue weighted by molar-refractivity contribution is -0.116. The van der Waals surface area contributed by atoms with Gasteiger partial charge in [0.05, 0.1) is 24.1 Å². The molecule has 7 nitrogen and oxygen atoms in total. The Kier molecular flexibility index (Phi) is 7.81. The highest BCUT2D eigenvalue weighted by Gasteiger charge is 2.23. The van der Waals surface area contributed by atoms with Gasteiger partial charge in [-0.05, 0) is 30.5 Å². The quantitative estimate of drug-likeness (QED) is 0.712. The van der Waals surface area contributed by atoms with Crippen LogP contribution in [0.25, 0.3) is 0 Å². The Hall–Kier alpha value is -2.71. The van der Waals surface area contributed by atoms with Gasteiger partial charge in [-0.25, -0.2) is 8.42 Å². The maximum absolute atomic E-state index is 13.0. The number of para-hydroxylation sites is 1. The molecule has 1 heterocycles. The molecule has 0 aliphatic carbocycles. The predicted molar refractivity (Wildman–Crippen MR) is 121 cm³/mol. The molecule has 0 radical (unpaired) electrons. The van der Waals surface area contributed by atoms with Gasteiger partial charge in [-0.15, -0.1) is 0 Å². The Morgan fingerprint density at radius 1 is 0.935 bits per heavy atom. The first kappa shape index (κ1) is 23.0. The fraction of sp³-hybridized carbons (Fsp3) is 0.391. The number of nitrogens with one attached hydrogen (secondary N) is 1. The van der Waals surface area contributed by atoms with Gasteiger partial charge in [0.2, 0.25) is 15.9 Å². The van der Waals surface area contributed by atoms with Crippen LogP contribution in [0.2, 0.25) is 0 Å². The second kappa shape index (κ2) is 10.5. The van der Waals surface area contributed by atoms with Crippen molar-refractivity contribution in [3.8, 4) is 0 Å². The third kappa shape index (κ3) is 6.63. The van der Waals surface area contributed by atoms with Crippen molar-refractivity contribution < 1.29 is 18.0 Å². The van der Waals surface area contributed by atoms with Crippen molar-refractivity contribution in [2.24, 2.45) is 0 Å². The van der Waals surface area contributed by atoms with Crippen LogP contribution < -0.4 is 5.32 Å². The number of nitrogens with zero attached hydrogens (tertiary/aromatic N) is 2. The standard InChI is InChI=1S/C23H29N3O4S/c1-31(29,30)26(17-19-11-5-4-6-12-19)18-22(27)24-21-14-8-7-13-20(21)23(28)25-15-9-2-3-10-16-25/h4-8,11-14H,2-3,9-10,15-18H2,1H3,(H,24,27). The number of benzene rings is 2. The summed E-state index contributed by atoms with van der Waals surface area (Å²) in [5.41, 5.74) is 1.61. The molecule has 0 spiro atoms. The molecule has 8 heteroatoms. The zero-order chi connectivity index (χ0) is 22.3. The molecule has 1 aliphatic heterocycles. The molecule has 0 saturated carbocycles. The summed E-state index contributed by atoms with van der Waals surface area (Å²) in [6.45, 7) is 1.18. The summed E-state index contributed by atoms with van der Waals surface area (Å²) in [5.74, 6) is -0.598. The predicted octanol–water partition coefficient (Wildman–Crippen LogP) is 3.10. The van der Waals surface area contributed by atoms with Crippen LogP contribution in [0.5, 0.6) is 0 Å². The van der Waals surface area contributed by atoms with E-state index in [1.165, 1.54) is 0 Å². The lowest BCUT2D eigenvalue weighted by Crippen LogP contribution is -2.37. The smallest absolute Gasteiger partial charge is 0.255 e. The number of amides is 2. The van der Waals surface area contributed by atoms with Gasteiger partial charge < -0.3 is 10.2 Å². The van der Waals surface area contributed by atoms with E-state index in [-0.39, 0.29) is 19.0 Å². The van der Waals surface area contributed by atoms with Crippen LogP contribution in [0, 0.1) is 0 Å². The van der Waals surface area contributed by atoms with Gasteiger partial charge in [-0.3, -0.25) is 9.59 Å². The number of sulfonamides is 1. The summed E-state index contributed by atoms with van der Waals surface area (Å²) in [5, 5.41) is 2.74. The van der Waals surface area contributed by atoms with Gasteiger partial charge >= 0.3 is 0 Å². The molecular formula is C23H29N3O4S. The van der Waals surface area contributed by atoms with E-state index in [1.807, 2.05) is 35.2 Å². The number of rotatable bonds is 7. The summed E-state index contributed by atoms with van der Waals surface area (Å²) in [7, 11) is -3.60. The Bertz CT molecular complexity index is 1000. The van der Waals surface area contributed by atoms with E-state index in [1.54, 1.807) is 24.3 Å². The number of hydrogen-bond donors (Lipinski definition) is 1. The van der Waals surface area contributed by atoms with E-state index in [9.17, 15) is 18.0 Å². The molecule has 1 aliphatic rings. The van der Waals surface area contributed by atoms with Crippen molar-refractivity contribution in [1.82, 2.24) is 9.21 Å². The third-order valence-electron chi connectivity index (χ3n) is 5.32. The Balaban J connectivity index is 1.72. The van der Waals surface area contributed by atoms with E-state index in [4.69, 9.17) is 0 Å². The first-order chi connectivity index (χ1) is 14.8.